The summed E-state index contributed by atoms with van der Waals surface area (Å²) in [4.78, 5) is 9.74. The summed E-state index contributed by atoms with van der Waals surface area (Å²) in [6, 6.07) is 51.6. The lowest BCUT2D eigenvalue weighted by molar-refractivity contribution is 0.475. The average molecular weight is 735 g/mol. The zero-order valence-corrected chi connectivity index (χ0v) is 32.9. The maximum absolute atomic E-state index is 5.84. The summed E-state index contributed by atoms with van der Waals surface area (Å²) in [6.45, 7) is 14.4. The highest BCUT2D eigenvalue weighted by Gasteiger charge is 2.20. The lowest BCUT2D eigenvalue weighted by Gasteiger charge is -2.22. The normalized spacial score (nSPS) is 15.5. The van der Waals surface area contributed by atoms with Gasteiger partial charge in [0.15, 0.2) is 6.17 Å². The minimum atomic E-state index is -0.247. The topological polar surface area (TPSA) is 58.0 Å². The third-order valence-corrected chi connectivity index (χ3v) is 9.47. The summed E-state index contributed by atoms with van der Waals surface area (Å²) in [5.41, 5.74) is 11.5. The molecule has 0 fully saturated rings. The van der Waals surface area contributed by atoms with Gasteiger partial charge >= 0.3 is 0 Å². The van der Waals surface area contributed by atoms with Crippen LogP contribution in [0.1, 0.15) is 50.7 Å². The third-order valence-electron chi connectivity index (χ3n) is 9.47. The van der Waals surface area contributed by atoms with E-state index in [0.717, 1.165) is 56.6 Å². The molecule has 56 heavy (non-hydrogen) atoms. The number of nitrogens with zero attached hydrogens (tertiary/aromatic N) is 2. The average Bonchev–Trinajstić information content (AvgIpc) is 3.22. The maximum atomic E-state index is 5.84. The van der Waals surface area contributed by atoms with E-state index in [9.17, 15) is 0 Å². The lowest BCUT2D eigenvalue weighted by Crippen LogP contribution is -2.36. The largest absolute Gasteiger partial charge is 0.457 e. The summed E-state index contributed by atoms with van der Waals surface area (Å²) in [7, 11) is 0. The molecule has 0 saturated heterocycles. The quantitative estimate of drug-likeness (QED) is 0.172. The fourth-order valence-corrected chi connectivity index (χ4v) is 6.02. The predicted octanol–water partition coefficient (Wildman–Crippen LogP) is 12.4. The molecule has 0 spiro atoms. The summed E-state index contributed by atoms with van der Waals surface area (Å²) in [6.07, 6.45) is 7.97. The van der Waals surface area contributed by atoms with E-state index in [1.54, 1.807) is 0 Å². The van der Waals surface area contributed by atoms with E-state index in [1.807, 2.05) is 111 Å². The third kappa shape index (κ3) is 10.7. The van der Waals surface area contributed by atoms with Gasteiger partial charge in [-0.1, -0.05) is 175 Å². The number of anilines is 1. The van der Waals surface area contributed by atoms with Gasteiger partial charge in [0.2, 0.25) is 0 Å². The van der Waals surface area contributed by atoms with Gasteiger partial charge in [0, 0.05) is 16.8 Å². The molecule has 5 nitrogen and oxygen atoms in total. The van der Waals surface area contributed by atoms with Gasteiger partial charge in [-0.05, 0) is 80.6 Å². The number of benzene rings is 6. The van der Waals surface area contributed by atoms with Gasteiger partial charge in [-0.3, -0.25) is 0 Å². The molecule has 280 valence electrons. The highest BCUT2D eigenvalue weighted by atomic mass is 16.5. The first-order valence-corrected chi connectivity index (χ1v) is 19.0. The molecule has 1 heterocycles. The van der Waals surface area contributed by atoms with E-state index in [1.165, 1.54) is 22.4 Å². The fourth-order valence-electron chi connectivity index (χ4n) is 6.02. The van der Waals surface area contributed by atoms with Crippen molar-refractivity contribution in [3.63, 3.8) is 0 Å². The van der Waals surface area contributed by atoms with Crippen LogP contribution in [0.3, 0.4) is 0 Å². The molecule has 1 aliphatic heterocycles. The lowest BCUT2D eigenvalue weighted by atomic mass is 10.0. The van der Waals surface area contributed by atoms with E-state index in [4.69, 9.17) is 14.7 Å². The van der Waals surface area contributed by atoms with Crippen molar-refractivity contribution in [1.29, 1.82) is 0 Å². The number of aryl methyl sites for hydroxylation is 5. The van der Waals surface area contributed by atoms with Gasteiger partial charge in [-0.25, -0.2) is 9.98 Å². The maximum Gasteiger partial charge on any atom is 0.169 e. The predicted molar refractivity (Wildman–Crippen MR) is 236 cm³/mol. The molecule has 5 heteroatoms. The Bertz CT molecular complexity index is 2310. The van der Waals surface area contributed by atoms with Gasteiger partial charge in [0.05, 0.1) is 6.04 Å². The van der Waals surface area contributed by atoms with Gasteiger partial charge in [-0.2, -0.15) is 0 Å². The number of para-hydroxylation sites is 3. The minimum Gasteiger partial charge on any atom is -0.457 e. The van der Waals surface area contributed by atoms with Crippen molar-refractivity contribution < 1.29 is 4.74 Å². The number of allylic oxidation sites excluding steroid dienone is 2. The second-order valence-corrected chi connectivity index (χ2v) is 14.0. The highest BCUT2D eigenvalue weighted by Crippen LogP contribution is 2.27. The number of aliphatic imine (C=N–C) groups is 2. The van der Waals surface area contributed by atoms with Crippen LogP contribution in [0.2, 0.25) is 0 Å². The van der Waals surface area contributed by atoms with Crippen molar-refractivity contribution in [2.75, 3.05) is 5.32 Å². The number of nitrogens with one attached hydrogen (secondary N) is 2. The van der Waals surface area contributed by atoms with Crippen LogP contribution in [0.15, 0.2) is 198 Å². The van der Waals surface area contributed by atoms with Crippen molar-refractivity contribution in [3.8, 4) is 11.5 Å². The number of amidine groups is 2. The molecule has 0 aromatic heterocycles. The molecule has 0 bridgehead atoms. The van der Waals surface area contributed by atoms with Crippen LogP contribution in [0, 0.1) is 34.6 Å². The van der Waals surface area contributed by atoms with Crippen LogP contribution in [-0.2, 0) is 0 Å². The first kappa shape index (κ1) is 39.0. The Balaban J connectivity index is 0.000000152. The van der Waals surface area contributed by atoms with Crippen molar-refractivity contribution in [3.05, 3.63) is 233 Å². The minimum absolute atomic E-state index is 0.219. The van der Waals surface area contributed by atoms with Crippen LogP contribution in [-0.4, -0.2) is 17.7 Å². The smallest absolute Gasteiger partial charge is 0.169 e. The van der Waals surface area contributed by atoms with Gasteiger partial charge < -0.3 is 15.4 Å². The summed E-state index contributed by atoms with van der Waals surface area (Å²) in [5.74, 6) is 3.55. The van der Waals surface area contributed by atoms with E-state index in [2.05, 4.69) is 117 Å². The molecule has 2 unspecified atom stereocenters. The second kappa shape index (κ2) is 19.0. The van der Waals surface area contributed by atoms with Crippen LogP contribution >= 0.6 is 0 Å². The molecular formula is C51H50N4O. The second-order valence-electron chi connectivity index (χ2n) is 14.0. The zero-order valence-electron chi connectivity index (χ0n) is 32.9. The van der Waals surface area contributed by atoms with Gasteiger partial charge in [-0.15, -0.1) is 0 Å². The Hall–Kier alpha value is -6.72. The van der Waals surface area contributed by atoms with E-state index < -0.39 is 0 Å². The standard InChI is InChI=1S/C23H21N3.C14H15N.C14H14O/c1-16-8-12-19(13-9-16)22-24-21(18-6-4-3-5-7-18)25-23(26-22)20-14-10-17(2)11-15-20;2*1-11-7-3-5-9-13(11)15-14-10-6-4-8-12(14)2/h3-15,22H,1-2H3,(H,24,25,26);3-10,13,15H,1H2,2H3;3-10H,1-2H3. The summed E-state index contributed by atoms with van der Waals surface area (Å²) in [5, 5.41) is 6.88. The molecule has 0 radical (unpaired) electrons. The van der Waals surface area contributed by atoms with Gasteiger partial charge in [0.25, 0.3) is 0 Å². The summed E-state index contributed by atoms with van der Waals surface area (Å²) >= 11 is 0. The van der Waals surface area contributed by atoms with Crippen LogP contribution in [0.5, 0.6) is 11.5 Å². The van der Waals surface area contributed by atoms with Gasteiger partial charge in [0.1, 0.15) is 23.2 Å². The molecule has 1 aliphatic carbocycles. The number of rotatable bonds is 7. The molecule has 0 saturated carbocycles. The monoisotopic (exact) mass is 734 g/mol. The van der Waals surface area contributed by atoms with Crippen molar-refractivity contribution >= 4 is 17.4 Å². The fraction of sp³-hybridized carbons (Fsp3) is 0.137. The molecular weight excluding hydrogens is 685 g/mol. The molecule has 2 aliphatic rings. The van der Waals surface area contributed by atoms with E-state index in [-0.39, 0.29) is 12.2 Å². The van der Waals surface area contributed by atoms with Crippen molar-refractivity contribution in [2.45, 2.75) is 46.8 Å². The Morgan fingerprint density at radius 2 is 1.04 bits per heavy atom. The molecule has 6 aromatic rings. The number of hydrogen-bond donors (Lipinski definition) is 2. The Kier molecular flexibility index (Phi) is 13.3. The molecule has 0 amide bonds. The first-order chi connectivity index (χ1) is 27.2. The van der Waals surface area contributed by atoms with Crippen LogP contribution in [0.25, 0.3) is 0 Å². The first-order valence-electron chi connectivity index (χ1n) is 19.0. The van der Waals surface area contributed by atoms with Crippen molar-refractivity contribution in [1.82, 2.24) is 5.32 Å². The SMILES string of the molecule is C=C1C=CC=CC1Nc1ccccc1C.Cc1ccc(C2=NC(c3ccc(C)cc3)N=C(c3ccccc3)N2)cc1.Cc1ccccc1Oc1ccccc1C. The number of ether oxygens (including phenoxy) is 1. The molecule has 6 aromatic carbocycles. The zero-order chi connectivity index (χ0) is 39.3. The molecule has 2 N–H and O–H groups in total. The van der Waals surface area contributed by atoms with E-state index in [0.29, 0.717) is 0 Å². The molecule has 8 rings (SSSR count). The Labute approximate surface area is 332 Å². The van der Waals surface area contributed by atoms with E-state index >= 15 is 0 Å². The number of hydrogen-bond acceptors (Lipinski definition) is 5. The van der Waals surface area contributed by atoms with Crippen LogP contribution in [0.4, 0.5) is 5.69 Å². The van der Waals surface area contributed by atoms with Crippen molar-refractivity contribution in [2.24, 2.45) is 9.98 Å². The Morgan fingerprint density at radius 3 is 1.59 bits per heavy atom. The summed E-state index contributed by atoms with van der Waals surface area (Å²) < 4.78 is 5.84. The molecule has 2 atom stereocenters. The van der Waals surface area contributed by atoms with Crippen LogP contribution < -0.4 is 15.4 Å². The Morgan fingerprint density at radius 1 is 0.536 bits per heavy atom. The highest BCUT2D eigenvalue weighted by molar-refractivity contribution is 6.15.